The van der Waals surface area contributed by atoms with Crippen LogP contribution in [-0.2, 0) is 11.2 Å². The van der Waals surface area contributed by atoms with Gasteiger partial charge in [0.15, 0.2) is 0 Å². The second-order valence-corrected chi connectivity index (χ2v) is 5.89. The van der Waals surface area contributed by atoms with E-state index < -0.39 is 0 Å². The van der Waals surface area contributed by atoms with Crippen molar-refractivity contribution in [3.63, 3.8) is 0 Å². The second-order valence-electron chi connectivity index (χ2n) is 5.33. The first-order valence-electron chi connectivity index (χ1n) is 6.22. The van der Waals surface area contributed by atoms with Crippen LogP contribution in [0.2, 0.25) is 0 Å². The molecule has 2 aliphatic heterocycles. The molecule has 2 saturated heterocycles. The Balaban J connectivity index is 1.80. The fourth-order valence-electron chi connectivity index (χ4n) is 3.93. The van der Waals surface area contributed by atoms with Crippen LogP contribution in [0, 0.1) is 5.92 Å². The molecule has 1 aliphatic carbocycles. The van der Waals surface area contributed by atoms with Crippen LogP contribution in [0.5, 0.6) is 0 Å². The SMILES string of the molecule is Cl[C@H]1CC[C@@H]2O[C@H]1[C@@H]1Cc3ccccc3[C@@H]12. The molecule has 2 bridgehead atoms. The van der Waals surface area contributed by atoms with Crippen LogP contribution in [0.15, 0.2) is 24.3 Å². The van der Waals surface area contributed by atoms with Crippen molar-refractivity contribution in [3.8, 4) is 0 Å². The molecule has 84 valence electrons. The number of ether oxygens (including phenoxy) is 1. The topological polar surface area (TPSA) is 9.23 Å². The summed E-state index contributed by atoms with van der Waals surface area (Å²) in [5, 5.41) is 0.237. The van der Waals surface area contributed by atoms with E-state index in [1.807, 2.05) is 0 Å². The zero-order valence-corrected chi connectivity index (χ0v) is 9.86. The monoisotopic (exact) mass is 234 g/mol. The average molecular weight is 235 g/mol. The van der Waals surface area contributed by atoms with Gasteiger partial charge in [0.1, 0.15) is 0 Å². The predicted octanol–water partition coefficient (Wildman–Crippen LogP) is 3.11. The molecular formula is C14H15ClO. The summed E-state index contributed by atoms with van der Waals surface area (Å²) in [5.74, 6) is 1.28. The highest BCUT2D eigenvalue weighted by Crippen LogP contribution is 2.54. The molecule has 0 amide bonds. The van der Waals surface area contributed by atoms with Gasteiger partial charge in [-0.15, -0.1) is 11.6 Å². The second kappa shape index (κ2) is 3.24. The van der Waals surface area contributed by atoms with Gasteiger partial charge in [-0.25, -0.2) is 0 Å². The Morgan fingerprint density at radius 1 is 1.19 bits per heavy atom. The van der Waals surface area contributed by atoms with E-state index in [4.69, 9.17) is 16.3 Å². The molecule has 2 heterocycles. The highest BCUT2D eigenvalue weighted by atomic mass is 35.5. The quantitative estimate of drug-likeness (QED) is 0.627. The summed E-state index contributed by atoms with van der Waals surface area (Å²) in [6.07, 6.45) is 4.18. The first-order chi connectivity index (χ1) is 7.84. The molecule has 1 aromatic rings. The van der Waals surface area contributed by atoms with Crippen molar-refractivity contribution in [1.82, 2.24) is 0 Å². The molecule has 0 radical (unpaired) electrons. The lowest BCUT2D eigenvalue weighted by molar-refractivity contribution is -0.00432. The number of fused-ring (bicyclic) bond motifs is 7. The fourth-order valence-corrected chi connectivity index (χ4v) is 4.30. The molecule has 5 atom stereocenters. The Morgan fingerprint density at radius 3 is 3.00 bits per heavy atom. The Morgan fingerprint density at radius 2 is 2.06 bits per heavy atom. The average Bonchev–Trinajstić information content (AvgIpc) is 2.80. The normalized spacial score (nSPS) is 44.2. The molecule has 2 fully saturated rings. The summed E-state index contributed by atoms with van der Waals surface area (Å²) in [5.41, 5.74) is 3.06. The molecule has 2 heteroatoms. The number of benzene rings is 1. The summed E-state index contributed by atoms with van der Waals surface area (Å²) in [7, 11) is 0. The molecule has 1 nitrogen and oxygen atoms in total. The van der Waals surface area contributed by atoms with Gasteiger partial charge in [-0.2, -0.15) is 0 Å². The van der Waals surface area contributed by atoms with E-state index in [2.05, 4.69) is 24.3 Å². The van der Waals surface area contributed by atoms with Gasteiger partial charge in [0, 0.05) is 5.92 Å². The van der Waals surface area contributed by atoms with Crippen molar-refractivity contribution < 1.29 is 4.74 Å². The van der Waals surface area contributed by atoms with Crippen LogP contribution in [0.4, 0.5) is 0 Å². The smallest absolute Gasteiger partial charge is 0.0780 e. The Labute approximate surface area is 101 Å². The minimum Gasteiger partial charge on any atom is -0.372 e. The summed E-state index contributed by atoms with van der Waals surface area (Å²) in [6.45, 7) is 0. The third kappa shape index (κ3) is 1.11. The van der Waals surface area contributed by atoms with Crippen molar-refractivity contribution in [2.24, 2.45) is 5.92 Å². The van der Waals surface area contributed by atoms with Crippen molar-refractivity contribution in [2.45, 2.75) is 42.8 Å². The molecular weight excluding hydrogens is 220 g/mol. The molecule has 1 aromatic carbocycles. The molecule has 4 rings (SSSR count). The Bertz CT molecular complexity index is 430. The number of halogens is 1. The highest BCUT2D eigenvalue weighted by molar-refractivity contribution is 6.21. The molecule has 0 aromatic heterocycles. The van der Waals surface area contributed by atoms with Crippen molar-refractivity contribution in [1.29, 1.82) is 0 Å². The summed E-state index contributed by atoms with van der Waals surface area (Å²) in [6, 6.07) is 8.86. The van der Waals surface area contributed by atoms with Gasteiger partial charge >= 0.3 is 0 Å². The third-order valence-electron chi connectivity index (χ3n) is 4.57. The van der Waals surface area contributed by atoms with E-state index in [0.29, 0.717) is 24.0 Å². The molecule has 16 heavy (non-hydrogen) atoms. The van der Waals surface area contributed by atoms with Crippen LogP contribution >= 0.6 is 11.6 Å². The predicted molar refractivity (Wildman–Crippen MR) is 63.9 cm³/mol. The minimum atomic E-state index is 0.237. The maximum atomic E-state index is 6.39. The fraction of sp³-hybridized carbons (Fsp3) is 0.571. The van der Waals surface area contributed by atoms with E-state index in [1.165, 1.54) is 17.5 Å². The van der Waals surface area contributed by atoms with Crippen LogP contribution in [0.25, 0.3) is 0 Å². The molecule has 0 unspecified atom stereocenters. The molecule has 0 N–H and O–H groups in total. The molecule has 3 aliphatic rings. The number of alkyl halides is 1. The van der Waals surface area contributed by atoms with Crippen molar-refractivity contribution in [2.75, 3.05) is 0 Å². The standard InChI is InChI=1S/C14H15ClO/c15-11-5-6-12-13-9-4-2-1-3-8(9)7-10(13)14(11)16-12/h1-4,10-14H,5-7H2/t10-,11+,12+,13+,14+/m1/s1. The summed E-state index contributed by atoms with van der Waals surface area (Å²) in [4.78, 5) is 0. The Kier molecular flexibility index (Phi) is 1.92. The Hall–Kier alpha value is -0.530. The lowest BCUT2D eigenvalue weighted by atomic mass is 9.88. The van der Waals surface area contributed by atoms with Gasteiger partial charge < -0.3 is 4.74 Å². The van der Waals surface area contributed by atoms with Gasteiger partial charge in [-0.3, -0.25) is 0 Å². The van der Waals surface area contributed by atoms with Crippen LogP contribution in [-0.4, -0.2) is 17.6 Å². The van der Waals surface area contributed by atoms with E-state index in [-0.39, 0.29) is 5.38 Å². The minimum absolute atomic E-state index is 0.237. The lowest BCUT2D eigenvalue weighted by Gasteiger charge is -2.27. The van der Waals surface area contributed by atoms with Gasteiger partial charge in [0.25, 0.3) is 0 Å². The highest BCUT2D eigenvalue weighted by Gasteiger charge is 2.53. The number of rotatable bonds is 0. The van der Waals surface area contributed by atoms with E-state index >= 15 is 0 Å². The lowest BCUT2D eigenvalue weighted by Crippen LogP contribution is -2.31. The first-order valence-corrected chi connectivity index (χ1v) is 6.65. The zero-order chi connectivity index (χ0) is 10.7. The molecule has 0 spiro atoms. The zero-order valence-electron chi connectivity index (χ0n) is 9.10. The maximum absolute atomic E-state index is 6.39. The number of hydrogen-bond acceptors (Lipinski definition) is 1. The first kappa shape index (κ1) is 9.49. The van der Waals surface area contributed by atoms with Crippen LogP contribution in [0.1, 0.15) is 29.9 Å². The molecule has 0 saturated carbocycles. The van der Waals surface area contributed by atoms with Crippen molar-refractivity contribution >= 4 is 11.6 Å². The van der Waals surface area contributed by atoms with Crippen molar-refractivity contribution in [3.05, 3.63) is 35.4 Å². The van der Waals surface area contributed by atoms with E-state index in [1.54, 1.807) is 0 Å². The maximum Gasteiger partial charge on any atom is 0.0780 e. The van der Waals surface area contributed by atoms with Gasteiger partial charge in [0.05, 0.1) is 17.6 Å². The summed E-state index contributed by atoms with van der Waals surface area (Å²) < 4.78 is 6.10. The van der Waals surface area contributed by atoms with E-state index in [9.17, 15) is 0 Å². The largest absolute Gasteiger partial charge is 0.372 e. The van der Waals surface area contributed by atoms with Crippen LogP contribution < -0.4 is 0 Å². The summed E-state index contributed by atoms with van der Waals surface area (Å²) >= 11 is 6.39. The van der Waals surface area contributed by atoms with E-state index in [0.717, 1.165) is 12.8 Å². The van der Waals surface area contributed by atoms with Gasteiger partial charge in [-0.05, 0) is 36.3 Å². The van der Waals surface area contributed by atoms with Crippen LogP contribution in [0.3, 0.4) is 0 Å². The third-order valence-corrected chi connectivity index (χ3v) is 5.04. The van der Waals surface area contributed by atoms with Gasteiger partial charge in [-0.1, -0.05) is 24.3 Å². The number of hydrogen-bond donors (Lipinski definition) is 0. The van der Waals surface area contributed by atoms with Gasteiger partial charge in [0.2, 0.25) is 0 Å².